The molecule has 0 radical (unpaired) electrons. The molecular weight excluding hydrogens is 310 g/mol. The second kappa shape index (κ2) is 5.83. The first-order chi connectivity index (χ1) is 11.6. The lowest BCUT2D eigenvalue weighted by Crippen LogP contribution is -2.44. The van der Waals surface area contributed by atoms with Gasteiger partial charge in [-0.3, -0.25) is 4.79 Å². The molecule has 1 aromatic rings. The lowest BCUT2D eigenvalue weighted by molar-refractivity contribution is -0.127. The lowest BCUT2D eigenvalue weighted by atomic mass is 9.96. The molecule has 3 heterocycles. The lowest BCUT2D eigenvalue weighted by Gasteiger charge is -2.25. The van der Waals surface area contributed by atoms with Crippen LogP contribution in [-0.4, -0.2) is 47.7 Å². The number of hydrogen-bond donors (Lipinski definition) is 3. The highest BCUT2D eigenvalue weighted by atomic mass is 16.5. The molecule has 0 spiro atoms. The zero-order valence-corrected chi connectivity index (χ0v) is 13.1. The van der Waals surface area contributed by atoms with E-state index in [4.69, 9.17) is 4.74 Å². The van der Waals surface area contributed by atoms with E-state index in [1.54, 1.807) is 29.2 Å². The number of nitrogens with zero attached hydrogens (tertiary/aromatic N) is 1. The maximum Gasteiger partial charge on any atom is 0.319 e. The fourth-order valence-electron chi connectivity index (χ4n) is 3.53. The van der Waals surface area contributed by atoms with Gasteiger partial charge in [0.05, 0.1) is 30.0 Å². The number of rotatable bonds is 3. The highest BCUT2D eigenvalue weighted by Crippen LogP contribution is 2.33. The average Bonchev–Trinajstić information content (AvgIpc) is 3.17. The molecule has 0 unspecified atom stereocenters. The van der Waals surface area contributed by atoms with Crippen LogP contribution in [0.15, 0.2) is 35.5 Å². The van der Waals surface area contributed by atoms with Gasteiger partial charge >= 0.3 is 6.03 Å². The Morgan fingerprint density at radius 3 is 2.75 bits per heavy atom. The Labute approximate surface area is 139 Å². The maximum atomic E-state index is 12.9. The molecule has 0 bridgehead atoms. The number of hydrogen-bond acceptors (Lipinski definition) is 4. The third kappa shape index (κ3) is 2.60. The van der Waals surface area contributed by atoms with Gasteiger partial charge in [0.1, 0.15) is 5.75 Å². The number of nitrogens with one attached hydrogen (secondary N) is 2. The maximum absolute atomic E-state index is 12.9. The predicted molar refractivity (Wildman–Crippen MR) is 85.1 cm³/mol. The Bertz CT molecular complexity index is 707. The molecular formula is C17H19N3O4. The van der Waals surface area contributed by atoms with Crippen LogP contribution in [0.1, 0.15) is 24.4 Å². The summed E-state index contributed by atoms with van der Waals surface area (Å²) in [5.41, 5.74) is 1.99. The standard InChI is InChI=1S/C17H19N3O4/c21-11-5-3-10(4-6-11)15-14-13(18-17(23)19-15)9-20(16(14)22)8-12-2-1-7-24-12/h3-6,12,15,21H,1-2,7-9H2,(H2,18,19,23)/t12-,15+/m1/s1. The number of phenolic OH excluding ortho intramolecular Hbond substituents is 1. The molecule has 1 aromatic carbocycles. The van der Waals surface area contributed by atoms with Gasteiger partial charge in [0, 0.05) is 13.2 Å². The summed E-state index contributed by atoms with van der Waals surface area (Å²) in [6, 6.07) is 5.70. The predicted octanol–water partition coefficient (Wildman–Crippen LogP) is 1.02. The van der Waals surface area contributed by atoms with Crippen molar-refractivity contribution in [1.29, 1.82) is 0 Å². The number of amides is 3. The first-order valence-corrected chi connectivity index (χ1v) is 8.12. The van der Waals surface area contributed by atoms with Crippen molar-refractivity contribution < 1.29 is 19.4 Å². The molecule has 3 amide bonds. The van der Waals surface area contributed by atoms with Crippen LogP contribution in [0.3, 0.4) is 0 Å². The molecule has 1 saturated heterocycles. The van der Waals surface area contributed by atoms with E-state index < -0.39 is 6.04 Å². The SMILES string of the molecule is O=C1NC2=C(C(=O)N(C[C@H]3CCCO3)C2)[C@H](c2ccc(O)cc2)N1. The van der Waals surface area contributed by atoms with Crippen molar-refractivity contribution in [2.45, 2.75) is 25.0 Å². The molecule has 7 heteroatoms. The van der Waals surface area contributed by atoms with Crippen molar-refractivity contribution in [3.63, 3.8) is 0 Å². The molecule has 4 rings (SSSR count). The molecule has 3 aliphatic rings. The topological polar surface area (TPSA) is 90.9 Å². The van der Waals surface area contributed by atoms with Crippen LogP contribution in [0.5, 0.6) is 5.75 Å². The highest BCUT2D eigenvalue weighted by Gasteiger charge is 2.41. The van der Waals surface area contributed by atoms with Gasteiger partial charge in [0.2, 0.25) is 0 Å². The van der Waals surface area contributed by atoms with Gasteiger partial charge < -0.3 is 25.4 Å². The van der Waals surface area contributed by atoms with Crippen molar-refractivity contribution in [2.24, 2.45) is 0 Å². The van der Waals surface area contributed by atoms with E-state index in [1.165, 1.54) is 0 Å². The van der Waals surface area contributed by atoms with Crippen LogP contribution in [0.2, 0.25) is 0 Å². The Morgan fingerprint density at radius 1 is 1.25 bits per heavy atom. The Hall–Kier alpha value is -2.54. The number of carbonyl (C=O) groups is 2. The van der Waals surface area contributed by atoms with Gasteiger partial charge in [-0.05, 0) is 30.5 Å². The molecule has 7 nitrogen and oxygen atoms in total. The van der Waals surface area contributed by atoms with Gasteiger partial charge in [0.15, 0.2) is 0 Å². The molecule has 2 atom stereocenters. The van der Waals surface area contributed by atoms with Crippen molar-refractivity contribution in [2.75, 3.05) is 19.7 Å². The van der Waals surface area contributed by atoms with E-state index in [0.29, 0.717) is 24.4 Å². The van der Waals surface area contributed by atoms with Gasteiger partial charge in [-0.2, -0.15) is 0 Å². The summed E-state index contributed by atoms with van der Waals surface area (Å²) in [7, 11) is 0. The van der Waals surface area contributed by atoms with E-state index in [1.807, 2.05) is 0 Å². The minimum Gasteiger partial charge on any atom is -0.508 e. The fraction of sp³-hybridized carbons (Fsp3) is 0.412. The largest absolute Gasteiger partial charge is 0.508 e. The molecule has 3 aliphatic heterocycles. The van der Waals surface area contributed by atoms with Crippen LogP contribution in [0.4, 0.5) is 4.79 Å². The third-order valence-electron chi connectivity index (χ3n) is 4.69. The van der Waals surface area contributed by atoms with E-state index in [2.05, 4.69) is 10.6 Å². The fourth-order valence-corrected chi connectivity index (χ4v) is 3.53. The minimum absolute atomic E-state index is 0.0751. The number of benzene rings is 1. The van der Waals surface area contributed by atoms with Gasteiger partial charge in [-0.25, -0.2) is 4.79 Å². The molecule has 0 aromatic heterocycles. The zero-order chi connectivity index (χ0) is 16.7. The summed E-state index contributed by atoms with van der Waals surface area (Å²) in [5.74, 6) is 0.0667. The Morgan fingerprint density at radius 2 is 2.04 bits per heavy atom. The number of urea groups is 1. The molecule has 0 aliphatic carbocycles. The first-order valence-electron chi connectivity index (χ1n) is 8.12. The molecule has 126 valence electrons. The second-order valence-corrected chi connectivity index (χ2v) is 6.34. The zero-order valence-electron chi connectivity index (χ0n) is 13.1. The van der Waals surface area contributed by atoms with Crippen LogP contribution in [-0.2, 0) is 9.53 Å². The van der Waals surface area contributed by atoms with Crippen LogP contribution in [0, 0.1) is 0 Å². The third-order valence-corrected chi connectivity index (χ3v) is 4.69. The summed E-state index contributed by atoms with van der Waals surface area (Å²) in [6.45, 7) is 1.69. The molecule has 1 fully saturated rings. The molecule has 24 heavy (non-hydrogen) atoms. The average molecular weight is 329 g/mol. The van der Waals surface area contributed by atoms with Gasteiger partial charge in [0.25, 0.3) is 5.91 Å². The van der Waals surface area contributed by atoms with E-state index in [-0.39, 0.29) is 23.8 Å². The van der Waals surface area contributed by atoms with E-state index in [0.717, 1.165) is 25.0 Å². The monoisotopic (exact) mass is 329 g/mol. The number of aromatic hydroxyl groups is 1. The van der Waals surface area contributed by atoms with Crippen molar-refractivity contribution in [1.82, 2.24) is 15.5 Å². The summed E-state index contributed by atoms with van der Waals surface area (Å²) in [6.07, 6.45) is 2.06. The number of ether oxygens (including phenoxy) is 1. The quantitative estimate of drug-likeness (QED) is 0.772. The van der Waals surface area contributed by atoms with E-state index in [9.17, 15) is 14.7 Å². The van der Waals surface area contributed by atoms with Gasteiger partial charge in [-0.15, -0.1) is 0 Å². The number of carbonyl (C=O) groups excluding carboxylic acids is 2. The summed E-state index contributed by atoms with van der Waals surface area (Å²) < 4.78 is 5.62. The van der Waals surface area contributed by atoms with Gasteiger partial charge in [-0.1, -0.05) is 12.1 Å². The molecule has 3 N–H and O–H groups in total. The van der Waals surface area contributed by atoms with Crippen molar-refractivity contribution in [3.05, 3.63) is 41.1 Å². The first kappa shape index (κ1) is 15.0. The van der Waals surface area contributed by atoms with E-state index >= 15 is 0 Å². The van der Waals surface area contributed by atoms with Crippen molar-refractivity contribution in [3.8, 4) is 5.75 Å². The summed E-state index contributed by atoms with van der Waals surface area (Å²) in [4.78, 5) is 26.5. The minimum atomic E-state index is -0.503. The van der Waals surface area contributed by atoms with Crippen LogP contribution < -0.4 is 10.6 Å². The second-order valence-electron chi connectivity index (χ2n) is 6.34. The normalized spacial score (nSPS) is 26.4. The Balaban J connectivity index is 1.60. The summed E-state index contributed by atoms with van der Waals surface area (Å²) >= 11 is 0. The summed E-state index contributed by atoms with van der Waals surface area (Å²) in [5, 5.41) is 15.0. The van der Waals surface area contributed by atoms with Crippen LogP contribution >= 0.6 is 0 Å². The number of phenols is 1. The van der Waals surface area contributed by atoms with Crippen LogP contribution in [0.25, 0.3) is 0 Å². The highest BCUT2D eigenvalue weighted by molar-refractivity contribution is 6.01. The van der Waals surface area contributed by atoms with Crippen molar-refractivity contribution >= 4 is 11.9 Å². The smallest absolute Gasteiger partial charge is 0.319 e. The Kier molecular flexibility index (Phi) is 3.65. The molecule has 0 saturated carbocycles.